The molecule has 1 amide bonds. The smallest absolute Gasteiger partial charge is 0.411 e. The normalized spacial score (nSPS) is 16.9. The number of fused-ring (bicyclic) bond motifs is 3. The molecule has 0 saturated carbocycles. The van der Waals surface area contributed by atoms with Crippen molar-refractivity contribution >= 4 is 23.7 Å². The van der Waals surface area contributed by atoms with E-state index in [0.717, 1.165) is 16.7 Å². The second kappa shape index (κ2) is 9.36. The van der Waals surface area contributed by atoms with Crippen LogP contribution >= 0.6 is 11.6 Å². The molecule has 35 heavy (non-hydrogen) atoms. The second-order valence-corrected chi connectivity index (χ2v) is 9.96. The Morgan fingerprint density at radius 3 is 2.29 bits per heavy atom. The van der Waals surface area contributed by atoms with Gasteiger partial charge in [0, 0.05) is 5.02 Å². The van der Waals surface area contributed by atoms with Crippen molar-refractivity contribution in [2.45, 2.75) is 44.6 Å². The van der Waals surface area contributed by atoms with E-state index in [1.807, 2.05) is 30.3 Å². The Bertz CT molecular complexity index is 1250. The number of halogens is 1. The van der Waals surface area contributed by atoms with Gasteiger partial charge in [-0.3, -0.25) is 4.90 Å². The van der Waals surface area contributed by atoms with Gasteiger partial charge in [-0.1, -0.05) is 72.3 Å². The van der Waals surface area contributed by atoms with Crippen LogP contribution in [-0.4, -0.2) is 34.8 Å². The predicted molar refractivity (Wildman–Crippen MR) is 134 cm³/mol. The number of nitrogens with zero attached hydrogens (tertiary/aromatic N) is 1. The van der Waals surface area contributed by atoms with E-state index in [0.29, 0.717) is 10.6 Å². The van der Waals surface area contributed by atoms with Crippen LogP contribution in [0.1, 0.15) is 43.5 Å². The SMILES string of the molecule is COC(=O)[C@@](O)(c1ccccc1)C1c2cc(Cl)ccc2-c2ccccc2CN1C(=O)OC(C)(C)C. The number of carbonyl (C=O) groups excluding carboxylic acids is 2. The molecule has 182 valence electrons. The van der Waals surface area contributed by atoms with Crippen LogP contribution in [0, 0.1) is 0 Å². The Morgan fingerprint density at radius 1 is 0.971 bits per heavy atom. The Labute approximate surface area is 210 Å². The minimum absolute atomic E-state index is 0.0915. The van der Waals surface area contributed by atoms with Crippen molar-refractivity contribution in [1.82, 2.24) is 4.90 Å². The van der Waals surface area contributed by atoms with Crippen molar-refractivity contribution in [3.8, 4) is 11.1 Å². The third-order valence-corrected chi connectivity index (χ3v) is 6.24. The molecule has 1 aliphatic heterocycles. The Kier molecular flexibility index (Phi) is 6.62. The van der Waals surface area contributed by atoms with E-state index in [2.05, 4.69) is 0 Å². The Morgan fingerprint density at radius 2 is 1.63 bits per heavy atom. The van der Waals surface area contributed by atoms with Gasteiger partial charge in [0.15, 0.2) is 0 Å². The summed E-state index contributed by atoms with van der Waals surface area (Å²) in [6.07, 6.45) is -0.677. The number of methoxy groups -OCH3 is 1. The van der Waals surface area contributed by atoms with Gasteiger partial charge in [-0.2, -0.15) is 0 Å². The summed E-state index contributed by atoms with van der Waals surface area (Å²) in [5, 5.41) is 12.7. The zero-order valence-electron chi connectivity index (χ0n) is 20.1. The molecule has 1 heterocycles. The standard InChI is InChI=1S/C28H28ClNO5/c1-27(2,3)35-26(32)30-17-18-10-8-9-13-21(18)22-15-14-20(29)16-23(22)24(30)28(33,25(31)34-4)19-11-6-5-7-12-19/h5-16,24,33H,17H2,1-4H3/t24?,28-/m1/s1. The summed E-state index contributed by atoms with van der Waals surface area (Å²) in [4.78, 5) is 28.4. The minimum atomic E-state index is -2.26. The number of aliphatic hydroxyl groups is 1. The van der Waals surface area contributed by atoms with E-state index < -0.39 is 29.3 Å². The maximum absolute atomic E-state index is 13.7. The highest BCUT2D eigenvalue weighted by Crippen LogP contribution is 2.48. The molecule has 0 radical (unpaired) electrons. The van der Waals surface area contributed by atoms with Crippen molar-refractivity contribution < 1.29 is 24.2 Å². The van der Waals surface area contributed by atoms with Gasteiger partial charge >= 0.3 is 12.1 Å². The first kappa shape index (κ1) is 24.8. The lowest BCUT2D eigenvalue weighted by molar-refractivity contribution is -0.173. The number of ether oxygens (including phenoxy) is 2. The van der Waals surface area contributed by atoms with Gasteiger partial charge in [0.1, 0.15) is 11.6 Å². The maximum atomic E-state index is 13.7. The highest BCUT2D eigenvalue weighted by molar-refractivity contribution is 6.30. The molecular formula is C28H28ClNO5. The summed E-state index contributed by atoms with van der Waals surface area (Å²) >= 11 is 6.43. The van der Waals surface area contributed by atoms with Crippen molar-refractivity contribution in [3.05, 3.63) is 94.5 Å². The molecule has 3 aromatic rings. The molecule has 1 N–H and O–H groups in total. The summed E-state index contributed by atoms with van der Waals surface area (Å²) in [6, 6.07) is 20.2. The van der Waals surface area contributed by atoms with Crippen LogP contribution in [0.4, 0.5) is 4.79 Å². The van der Waals surface area contributed by atoms with Gasteiger partial charge in [-0.25, -0.2) is 9.59 Å². The van der Waals surface area contributed by atoms with Gasteiger partial charge in [0.25, 0.3) is 0 Å². The van der Waals surface area contributed by atoms with Crippen molar-refractivity contribution in [2.24, 2.45) is 0 Å². The Hall–Kier alpha value is -3.35. The topological polar surface area (TPSA) is 76.1 Å². The van der Waals surface area contributed by atoms with E-state index in [-0.39, 0.29) is 12.1 Å². The van der Waals surface area contributed by atoms with Crippen molar-refractivity contribution in [2.75, 3.05) is 7.11 Å². The zero-order chi connectivity index (χ0) is 25.4. The second-order valence-electron chi connectivity index (χ2n) is 9.52. The third-order valence-electron chi connectivity index (χ3n) is 6.00. The number of amides is 1. The van der Waals surface area contributed by atoms with Gasteiger partial charge < -0.3 is 14.6 Å². The summed E-state index contributed by atoms with van der Waals surface area (Å²) < 4.78 is 10.9. The number of carbonyl (C=O) groups is 2. The maximum Gasteiger partial charge on any atom is 0.411 e. The van der Waals surface area contributed by atoms with Crippen molar-refractivity contribution in [3.63, 3.8) is 0 Å². The first-order valence-corrected chi connectivity index (χ1v) is 11.7. The van der Waals surface area contributed by atoms with Crippen LogP contribution in [0.3, 0.4) is 0 Å². The average molecular weight is 494 g/mol. The monoisotopic (exact) mass is 493 g/mol. The van der Waals surface area contributed by atoms with Gasteiger partial charge in [0.2, 0.25) is 5.60 Å². The lowest BCUT2D eigenvalue weighted by atomic mass is 9.79. The number of hydrogen-bond donors (Lipinski definition) is 1. The fourth-order valence-corrected chi connectivity index (χ4v) is 4.73. The molecule has 0 aliphatic carbocycles. The molecular weight excluding hydrogens is 466 g/mol. The van der Waals surface area contributed by atoms with Gasteiger partial charge in [-0.15, -0.1) is 0 Å². The van der Waals surface area contributed by atoms with Gasteiger partial charge in [0.05, 0.1) is 13.7 Å². The van der Waals surface area contributed by atoms with E-state index in [9.17, 15) is 14.7 Å². The summed E-state index contributed by atoms with van der Waals surface area (Å²) in [6.45, 7) is 5.38. The zero-order valence-corrected chi connectivity index (χ0v) is 20.9. The number of rotatable bonds is 3. The van der Waals surface area contributed by atoms with Crippen molar-refractivity contribution in [1.29, 1.82) is 0 Å². The molecule has 6 nitrogen and oxygen atoms in total. The number of esters is 1. The van der Waals surface area contributed by atoms with E-state index in [1.54, 1.807) is 63.2 Å². The fraction of sp³-hybridized carbons (Fsp3) is 0.286. The lowest BCUT2D eigenvalue weighted by Crippen LogP contribution is -2.52. The third kappa shape index (κ3) is 4.64. The molecule has 0 saturated heterocycles. The molecule has 0 bridgehead atoms. The molecule has 0 fully saturated rings. The molecule has 7 heteroatoms. The molecule has 3 aromatic carbocycles. The molecule has 2 atom stereocenters. The number of hydrogen-bond acceptors (Lipinski definition) is 5. The van der Waals surface area contributed by atoms with Crippen LogP contribution in [0.15, 0.2) is 72.8 Å². The lowest BCUT2D eigenvalue weighted by Gasteiger charge is -2.41. The van der Waals surface area contributed by atoms with E-state index in [4.69, 9.17) is 21.1 Å². The molecule has 4 rings (SSSR count). The largest absolute Gasteiger partial charge is 0.467 e. The minimum Gasteiger partial charge on any atom is -0.467 e. The van der Waals surface area contributed by atoms with E-state index in [1.165, 1.54) is 12.0 Å². The first-order chi connectivity index (χ1) is 16.6. The highest BCUT2D eigenvalue weighted by Gasteiger charge is 2.54. The Balaban J connectivity index is 2.06. The van der Waals surface area contributed by atoms with E-state index >= 15 is 0 Å². The fourth-order valence-electron chi connectivity index (χ4n) is 4.55. The first-order valence-electron chi connectivity index (χ1n) is 11.3. The summed E-state index contributed by atoms with van der Waals surface area (Å²) in [5.41, 5.74) is 0.182. The van der Waals surface area contributed by atoms with Crippen LogP contribution < -0.4 is 0 Å². The quantitative estimate of drug-likeness (QED) is 0.462. The van der Waals surface area contributed by atoms with Crippen LogP contribution in [0.2, 0.25) is 5.02 Å². The van der Waals surface area contributed by atoms with Crippen LogP contribution in [0.25, 0.3) is 11.1 Å². The average Bonchev–Trinajstić information content (AvgIpc) is 2.97. The molecule has 1 aliphatic rings. The molecule has 0 aromatic heterocycles. The number of benzene rings is 3. The van der Waals surface area contributed by atoms with Crippen LogP contribution in [-0.2, 0) is 26.4 Å². The highest BCUT2D eigenvalue weighted by atomic mass is 35.5. The summed E-state index contributed by atoms with van der Waals surface area (Å²) in [5.74, 6) is -0.904. The molecule has 1 unspecified atom stereocenters. The predicted octanol–water partition coefficient (Wildman–Crippen LogP) is 5.86. The van der Waals surface area contributed by atoms with Crippen LogP contribution in [0.5, 0.6) is 0 Å². The van der Waals surface area contributed by atoms with Gasteiger partial charge in [-0.05, 0) is 60.7 Å². The summed E-state index contributed by atoms with van der Waals surface area (Å²) in [7, 11) is 1.21. The molecule has 0 spiro atoms.